The van der Waals surface area contributed by atoms with Crippen molar-refractivity contribution >= 4 is 31.3 Å². The van der Waals surface area contributed by atoms with Gasteiger partial charge in [-0.25, -0.2) is 8.42 Å². The summed E-state index contributed by atoms with van der Waals surface area (Å²) in [7, 11) is -8.02. The van der Waals surface area contributed by atoms with Gasteiger partial charge in [0.25, 0.3) is 20.0 Å². The molecule has 4 aromatic carbocycles. The second kappa shape index (κ2) is 10.0. The standard InChI is InChI=1S/C30H26N2O4S2/c1-21-13-17-25(18-14-21)37(33,34)31-29-27(23-9-5-3-6-10-23)30(28(29)24-11-7-4-8-12-24)32-38(35,36)26-19-15-22(2)16-20-26/h3-20,27,31H,1-2H3. The monoisotopic (exact) mass is 542 g/mol. The molecule has 1 aliphatic rings. The number of nitrogens with zero attached hydrogens (tertiary/aromatic N) is 1. The van der Waals surface area contributed by atoms with E-state index in [0.29, 0.717) is 16.8 Å². The van der Waals surface area contributed by atoms with Crippen LogP contribution in [-0.4, -0.2) is 22.5 Å². The summed E-state index contributed by atoms with van der Waals surface area (Å²) >= 11 is 0. The highest BCUT2D eigenvalue weighted by Crippen LogP contribution is 2.45. The van der Waals surface area contributed by atoms with Crippen LogP contribution in [0.3, 0.4) is 0 Å². The molecular formula is C30H26N2O4S2. The molecule has 8 heteroatoms. The average Bonchev–Trinajstić information content (AvgIpc) is 2.90. The first-order valence-electron chi connectivity index (χ1n) is 12.0. The number of aryl methyl sites for hydroxylation is 2. The van der Waals surface area contributed by atoms with Crippen molar-refractivity contribution in [2.45, 2.75) is 29.6 Å². The first-order valence-corrected chi connectivity index (χ1v) is 14.9. The van der Waals surface area contributed by atoms with Crippen molar-refractivity contribution in [2.75, 3.05) is 0 Å². The lowest BCUT2D eigenvalue weighted by Gasteiger charge is -2.36. The minimum atomic E-state index is -4.07. The van der Waals surface area contributed by atoms with Crippen LogP contribution in [-0.2, 0) is 20.0 Å². The molecule has 38 heavy (non-hydrogen) atoms. The molecule has 0 bridgehead atoms. The van der Waals surface area contributed by atoms with E-state index in [4.69, 9.17) is 0 Å². The fourth-order valence-corrected chi connectivity index (χ4v) is 6.55. The van der Waals surface area contributed by atoms with E-state index in [0.717, 1.165) is 16.7 Å². The van der Waals surface area contributed by atoms with Gasteiger partial charge < -0.3 is 0 Å². The van der Waals surface area contributed by atoms with Gasteiger partial charge >= 0.3 is 0 Å². The van der Waals surface area contributed by atoms with Gasteiger partial charge in [-0.2, -0.15) is 12.8 Å². The van der Waals surface area contributed by atoms with Gasteiger partial charge in [0.1, 0.15) is 0 Å². The smallest absolute Gasteiger partial charge is 0.282 e. The predicted molar refractivity (Wildman–Crippen MR) is 150 cm³/mol. The molecule has 0 heterocycles. The number of hydrogen-bond donors (Lipinski definition) is 1. The van der Waals surface area contributed by atoms with E-state index in [9.17, 15) is 16.8 Å². The first-order chi connectivity index (χ1) is 18.2. The Labute approximate surface area is 223 Å². The van der Waals surface area contributed by atoms with Gasteiger partial charge in [-0.05, 0) is 49.2 Å². The van der Waals surface area contributed by atoms with E-state index in [-0.39, 0.29) is 15.5 Å². The molecule has 0 saturated carbocycles. The third kappa shape index (κ3) is 5.05. The van der Waals surface area contributed by atoms with E-state index in [2.05, 4.69) is 9.12 Å². The maximum absolute atomic E-state index is 13.4. The van der Waals surface area contributed by atoms with Gasteiger partial charge in [0.2, 0.25) is 0 Å². The van der Waals surface area contributed by atoms with Crippen LogP contribution in [0.2, 0.25) is 0 Å². The van der Waals surface area contributed by atoms with Gasteiger partial charge in [-0.15, -0.1) is 0 Å². The van der Waals surface area contributed by atoms with Crippen molar-refractivity contribution in [3.63, 3.8) is 0 Å². The Morgan fingerprint density at radius 1 is 0.632 bits per heavy atom. The van der Waals surface area contributed by atoms with Crippen molar-refractivity contribution in [3.05, 3.63) is 137 Å². The fraction of sp³-hybridized carbons (Fsp3) is 0.100. The van der Waals surface area contributed by atoms with Gasteiger partial charge in [-0.3, -0.25) is 4.72 Å². The van der Waals surface area contributed by atoms with Crippen LogP contribution in [0.25, 0.3) is 5.57 Å². The molecular weight excluding hydrogens is 516 g/mol. The summed E-state index contributed by atoms with van der Waals surface area (Å²) in [6, 6.07) is 31.3. The summed E-state index contributed by atoms with van der Waals surface area (Å²) < 4.78 is 60.7. The Bertz CT molecular complexity index is 1740. The molecule has 1 N–H and O–H groups in total. The van der Waals surface area contributed by atoms with Crippen LogP contribution < -0.4 is 4.72 Å². The first kappa shape index (κ1) is 25.6. The van der Waals surface area contributed by atoms with E-state index in [1.807, 2.05) is 74.5 Å². The molecule has 192 valence electrons. The minimum Gasteiger partial charge on any atom is -0.282 e. The molecule has 0 radical (unpaired) electrons. The maximum atomic E-state index is 13.4. The van der Waals surface area contributed by atoms with Crippen molar-refractivity contribution in [1.82, 2.24) is 4.72 Å². The zero-order valence-electron chi connectivity index (χ0n) is 20.9. The van der Waals surface area contributed by atoms with E-state index < -0.39 is 26.0 Å². The lowest BCUT2D eigenvalue weighted by atomic mass is 9.73. The Hall–Kier alpha value is -4.01. The molecule has 0 saturated heterocycles. The van der Waals surface area contributed by atoms with Crippen LogP contribution >= 0.6 is 0 Å². The topological polar surface area (TPSA) is 92.7 Å². The number of sulfonamides is 2. The van der Waals surface area contributed by atoms with Gasteiger partial charge in [-0.1, -0.05) is 96.1 Å². The highest BCUT2D eigenvalue weighted by atomic mass is 32.2. The molecule has 0 aromatic heterocycles. The van der Waals surface area contributed by atoms with Crippen molar-refractivity contribution < 1.29 is 16.8 Å². The molecule has 6 nitrogen and oxygen atoms in total. The minimum absolute atomic E-state index is 0.0727. The van der Waals surface area contributed by atoms with E-state index >= 15 is 0 Å². The van der Waals surface area contributed by atoms with Crippen LogP contribution in [0.1, 0.15) is 28.2 Å². The number of allylic oxidation sites excluding steroid dienone is 2. The summed E-state index contributed by atoms with van der Waals surface area (Å²) in [6.45, 7) is 3.76. The van der Waals surface area contributed by atoms with Crippen molar-refractivity contribution in [3.8, 4) is 0 Å². The molecule has 0 amide bonds. The Balaban J connectivity index is 1.71. The molecule has 5 rings (SSSR count). The summed E-state index contributed by atoms with van der Waals surface area (Å²) in [5.74, 6) is -0.688. The van der Waals surface area contributed by atoms with Crippen LogP contribution in [0.4, 0.5) is 0 Å². The third-order valence-corrected chi connectivity index (χ3v) is 9.08. The highest BCUT2D eigenvalue weighted by Gasteiger charge is 2.42. The van der Waals surface area contributed by atoms with Crippen LogP contribution in [0.5, 0.6) is 0 Å². The number of hydrogen-bond acceptors (Lipinski definition) is 4. The quantitative estimate of drug-likeness (QED) is 0.328. The average molecular weight is 543 g/mol. The lowest BCUT2D eigenvalue weighted by Crippen LogP contribution is -2.39. The van der Waals surface area contributed by atoms with Crippen molar-refractivity contribution in [2.24, 2.45) is 4.40 Å². The second-order valence-electron chi connectivity index (χ2n) is 9.18. The zero-order valence-corrected chi connectivity index (χ0v) is 22.5. The molecule has 1 atom stereocenters. The van der Waals surface area contributed by atoms with Crippen LogP contribution in [0.15, 0.2) is 129 Å². The van der Waals surface area contributed by atoms with Crippen LogP contribution in [0, 0.1) is 13.8 Å². The second-order valence-corrected chi connectivity index (χ2v) is 12.5. The zero-order chi connectivity index (χ0) is 26.9. The molecule has 0 aliphatic heterocycles. The molecule has 1 aliphatic carbocycles. The number of rotatable bonds is 7. The Morgan fingerprint density at radius 3 is 1.68 bits per heavy atom. The Morgan fingerprint density at radius 2 is 1.13 bits per heavy atom. The summed E-state index contributed by atoms with van der Waals surface area (Å²) in [5.41, 5.74) is 4.37. The molecule has 1 unspecified atom stereocenters. The largest absolute Gasteiger partial charge is 0.282 e. The number of nitrogens with one attached hydrogen (secondary N) is 1. The SMILES string of the molecule is Cc1ccc(S(=O)(=O)N=C2C(c3ccccc3)=C(NS(=O)(=O)c3ccc(C)cc3)C2c2ccccc2)cc1. The van der Waals surface area contributed by atoms with Gasteiger partial charge in [0, 0.05) is 11.3 Å². The van der Waals surface area contributed by atoms with E-state index in [1.165, 1.54) is 12.1 Å². The van der Waals surface area contributed by atoms with Gasteiger partial charge in [0.05, 0.1) is 21.4 Å². The normalized spacial score (nSPS) is 16.8. The van der Waals surface area contributed by atoms with E-state index in [1.54, 1.807) is 36.4 Å². The van der Waals surface area contributed by atoms with Gasteiger partial charge in [0.15, 0.2) is 0 Å². The maximum Gasteiger partial charge on any atom is 0.282 e. The fourth-order valence-electron chi connectivity index (χ4n) is 4.39. The summed E-state index contributed by atoms with van der Waals surface area (Å²) in [6.07, 6.45) is 0. The molecule has 0 spiro atoms. The summed E-state index contributed by atoms with van der Waals surface area (Å²) in [5, 5.41) is 0. The highest BCUT2D eigenvalue weighted by molar-refractivity contribution is 7.90. The third-order valence-electron chi connectivity index (χ3n) is 6.40. The molecule has 0 fully saturated rings. The summed E-state index contributed by atoms with van der Waals surface area (Å²) in [4.78, 5) is 0.191. The number of benzene rings is 4. The van der Waals surface area contributed by atoms with Crippen molar-refractivity contribution in [1.29, 1.82) is 0 Å². The predicted octanol–water partition coefficient (Wildman–Crippen LogP) is 5.62. The lowest BCUT2D eigenvalue weighted by molar-refractivity contribution is 0.586. The Kier molecular flexibility index (Phi) is 6.77. The molecule has 4 aromatic rings.